The molecule has 1 aromatic rings. The molecule has 0 radical (unpaired) electrons. The Hall–Kier alpha value is -0.280. The van der Waals surface area contributed by atoms with Crippen molar-refractivity contribution in [2.24, 2.45) is 5.84 Å². The number of nitrogens with one attached hydrogen (secondary N) is 1. The van der Waals surface area contributed by atoms with Crippen LogP contribution in [0.3, 0.4) is 0 Å². The second-order valence-electron chi connectivity index (χ2n) is 3.71. The normalized spacial score (nSPS) is 11.5. The summed E-state index contributed by atoms with van der Waals surface area (Å²) in [6.07, 6.45) is 0. The number of rotatable bonds is 3. The van der Waals surface area contributed by atoms with Crippen LogP contribution >= 0.6 is 24.8 Å². The highest BCUT2D eigenvalue weighted by Crippen LogP contribution is 2.17. The first-order chi connectivity index (χ1) is 6.15. The highest BCUT2D eigenvalue weighted by Gasteiger charge is 2.03. The molecule has 1 aromatic carbocycles. The average molecular weight is 251 g/mol. The molecule has 1 rings (SSSR count). The summed E-state index contributed by atoms with van der Waals surface area (Å²) >= 11 is 0. The average Bonchev–Trinajstić information content (AvgIpc) is 2.17. The largest absolute Gasteiger partial charge is 0.271 e. The van der Waals surface area contributed by atoms with Gasteiger partial charge in [-0.1, -0.05) is 38.1 Å². The van der Waals surface area contributed by atoms with Crippen LogP contribution in [0.25, 0.3) is 0 Å². The standard InChI is InChI=1S/C11H18N2.2ClH/c1-8(2)10-4-6-11(7-5-10)9(3)13-12;;/h4-9,13H,12H2,1-3H3;2*1H. The van der Waals surface area contributed by atoms with Crippen molar-refractivity contribution in [3.8, 4) is 0 Å². The minimum Gasteiger partial charge on any atom is -0.271 e. The van der Waals surface area contributed by atoms with E-state index in [4.69, 9.17) is 5.84 Å². The maximum absolute atomic E-state index is 5.35. The predicted octanol–water partition coefficient (Wildman–Crippen LogP) is 3.18. The van der Waals surface area contributed by atoms with Gasteiger partial charge >= 0.3 is 0 Å². The van der Waals surface area contributed by atoms with Crippen LogP contribution in [0.5, 0.6) is 0 Å². The van der Waals surface area contributed by atoms with Crippen molar-refractivity contribution in [1.29, 1.82) is 0 Å². The highest BCUT2D eigenvalue weighted by molar-refractivity contribution is 5.85. The number of hydrogen-bond acceptors (Lipinski definition) is 2. The second-order valence-corrected chi connectivity index (χ2v) is 3.71. The summed E-state index contributed by atoms with van der Waals surface area (Å²) < 4.78 is 0. The van der Waals surface area contributed by atoms with Crippen molar-refractivity contribution in [2.75, 3.05) is 0 Å². The predicted molar refractivity (Wildman–Crippen MR) is 70.8 cm³/mol. The van der Waals surface area contributed by atoms with Crippen molar-refractivity contribution < 1.29 is 0 Å². The Balaban J connectivity index is 0. The number of hydrogen-bond donors (Lipinski definition) is 2. The van der Waals surface area contributed by atoms with Gasteiger partial charge in [0.05, 0.1) is 0 Å². The lowest BCUT2D eigenvalue weighted by Crippen LogP contribution is -2.25. The van der Waals surface area contributed by atoms with Gasteiger partial charge in [-0.25, -0.2) is 0 Å². The van der Waals surface area contributed by atoms with Gasteiger partial charge in [-0.15, -0.1) is 24.8 Å². The molecule has 0 aliphatic rings. The number of nitrogens with two attached hydrogens (primary N) is 1. The molecule has 88 valence electrons. The smallest absolute Gasteiger partial charge is 0.0431 e. The van der Waals surface area contributed by atoms with Gasteiger partial charge in [-0.2, -0.15) is 0 Å². The van der Waals surface area contributed by atoms with Crippen LogP contribution in [-0.4, -0.2) is 0 Å². The Morgan fingerprint density at radius 1 is 0.933 bits per heavy atom. The van der Waals surface area contributed by atoms with Gasteiger partial charge in [0.25, 0.3) is 0 Å². The molecule has 0 spiro atoms. The molecule has 0 aliphatic heterocycles. The zero-order chi connectivity index (χ0) is 9.84. The zero-order valence-electron chi connectivity index (χ0n) is 9.36. The fraction of sp³-hybridized carbons (Fsp3) is 0.455. The molecule has 15 heavy (non-hydrogen) atoms. The van der Waals surface area contributed by atoms with Crippen LogP contribution in [0.4, 0.5) is 0 Å². The third-order valence-electron chi connectivity index (χ3n) is 2.35. The first-order valence-electron chi connectivity index (χ1n) is 4.71. The van der Waals surface area contributed by atoms with Gasteiger partial charge in [0.2, 0.25) is 0 Å². The molecule has 0 aliphatic carbocycles. The number of hydrazine groups is 1. The van der Waals surface area contributed by atoms with E-state index in [0.29, 0.717) is 5.92 Å². The van der Waals surface area contributed by atoms with Gasteiger partial charge in [0.15, 0.2) is 0 Å². The third-order valence-corrected chi connectivity index (χ3v) is 2.35. The van der Waals surface area contributed by atoms with Crippen molar-refractivity contribution in [1.82, 2.24) is 5.43 Å². The molecule has 1 unspecified atom stereocenters. The SMILES string of the molecule is CC(C)c1ccc(C(C)NN)cc1.Cl.Cl. The molecular formula is C11H20Cl2N2. The molecule has 0 heterocycles. The fourth-order valence-corrected chi connectivity index (χ4v) is 1.27. The zero-order valence-corrected chi connectivity index (χ0v) is 11.0. The van der Waals surface area contributed by atoms with Crippen LogP contribution in [0, 0.1) is 0 Å². The summed E-state index contributed by atoms with van der Waals surface area (Å²) in [6, 6.07) is 8.79. The molecule has 4 heteroatoms. The summed E-state index contributed by atoms with van der Waals surface area (Å²) in [6.45, 7) is 6.43. The van der Waals surface area contributed by atoms with E-state index in [1.165, 1.54) is 11.1 Å². The molecule has 3 N–H and O–H groups in total. The summed E-state index contributed by atoms with van der Waals surface area (Å²) in [7, 11) is 0. The van der Waals surface area contributed by atoms with Gasteiger partial charge in [-0.3, -0.25) is 11.3 Å². The van der Waals surface area contributed by atoms with E-state index in [2.05, 4.69) is 43.5 Å². The Morgan fingerprint density at radius 3 is 1.67 bits per heavy atom. The van der Waals surface area contributed by atoms with Gasteiger partial charge in [0, 0.05) is 6.04 Å². The Kier molecular flexibility index (Phi) is 9.07. The summed E-state index contributed by atoms with van der Waals surface area (Å²) in [5, 5.41) is 0. The molecule has 0 aromatic heterocycles. The molecular weight excluding hydrogens is 231 g/mol. The summed E-state index contributed by atoms with van der Waals surface area (Å²) in [5.41, 5.74) is 5.33. The van der Waals surface area contributed by atoms with E-state index in [9.17, 15) is 0 Å². The lowest BCUT2D eigenvalue weighted by molar-refractivity contribution is 0.602. The molecule has 0 fully saturated rings. The van der Waals surface area contributed by atoms with Crippen molar-refractivity contribution >= 4 is 24.8 Å². The maximum Gasteiger partial charge on any atom is 0.0431 e. The first kappa shape index (κ1) is 17.1. The minimum atomic E-state index is 0. The van der Waals surface area contributed by atoms with Crippen LogP contribution in [0.1, 0.15) is 43.9 Å². The van der Waals surface area contributed by atoms with Crippen molar-refractivity contribution in [3.05, 3.63) is 35.4 Å². The van der Waals surface area contributed by atoms with Crippen molar-refractivity contribution in [2.45, 2.75) is 32.7 Å². The third kappa shape index (κ3) is 4.85. The lowest BCUT2D eigenvalue weighted by atomic mass is 10.00. The van der Waals surface area contributed by atoms with Crippen LogP contribution in [0.15, 0.2) is 24.3 Å². The Labute approximate surface area is 104 Å². The maximum atomic E-state index is 5.35. The van der Waals surface area contributed by atoms with Gasteiger partial charge < -0.3 is 0 Å². The molecule has 0 saturated carbocycles. The molecule has 2 nitrogen and oxygen atoms in total. The fourth-order valence-electron chi connectivity index (χ4n) is 1.27. The van der Waals surface area contributed by atoms with E-state index < -0.39 is 0 Å². The van der Waals surface area contributed by atoms with E-state index >= 15 is 0 Å². The quantitative estimate of drug-likeness (QED) is 0.639. The molecule has 0 saturated heterocycles. The number of halogens is 2. The Bertz CT molecular complexity index is 260. The van der Waals surface area contributed by atoms with E-state index in [-0.39, 0.29) is 30.9 Å². The topological polar surface area (TPSA) is 38.0 Å². The lowest BCUT2D eigenvalue weighted by Gasteiger charge is -2.11. The van der Waals surface area contributed by atoms with Gasteiger partial charge in [0.1, 0.15) is 0 Å². The van der Waals surface area contributed by atoms with Crippen molar-refractivity contribution in [3.63, 3.8) is 0 Å². The number of benzene rings is 1. The highest BCUT2D eigenvalue weighted by atomic mass is 35.5. The van der Waals surface area contributed by atoms with Crippen LogP contribution < -0.4 is 11.3 Å². The second kappa shape index (κ2) is 7.94. The monoisotopic (exact) mass is 250 g/mol. The molecule has 0 bridgehead atoms. The van der Waals surface area contributed by atoms with E-state index in [0.717, 1.165) is 0 Å². The summed E-state index contributed by atoms with van der Waals surface area (Å²) in [5.74, 6) is 5.94. The summed E-state index contributed by atoms with van der Waals surface area (Å²) in [4.78, 5) is 0. The van der Waals surface area contributed by atoms with Crippen LogP contribution in [-0.2, 0) is 0 Å². The molecule has 0 amide bonds. The molecule has 1 atom stereocenters. The minimum absolute atomic E-state index is 0. The van der Waals surface area contributed by atoms with E-state index in [1.54, 1.807) is 0 Å². The van der Waals surface area contributed by atoms with Crippen LogP contribution in [0.2, 0.25) is 0 Å². The first-order valence-corrected chi connectivity index (χ1v) is 4.71. The van der Waals surface area contributed by atoms with Gasteiger partial charge in [-0.05, 0) is 24.0 Å². The van der Waals surface area contributed by atoms with E-state index in [1.807, 2.05) is 6.92 Å². The Morgan fingerprint density at radius 2 is 1.33 bits per heavy atom.